The van der Waals surface area contributed by atoms with Crippen LogP contribution in [0.25, 0.3) is 0 Å². The predicted molar refractivity (Wildman–Crippen MR) is 105 cm³/mol. The number of fused-ring (bicyclic) bond motifs is 1. The van der Waals surface area contributed by atoms with Crippen LogP contribution in [0, 0.1) is 0 Å². The van der Waals surface area contributed by atoms with Gasteiger partial charge in [-0.15, -0.1) is 0 Å². The maximum atomic E-state index is 12.4. The molecule has 6 nitrogen and oxygen atoms in total. The number of benzene rings is 1. The third-order valence-electron chi connectivity index (χ3n) is 6.75. The highest BCUT2D eigenvalue weighted by molar-refractivity contribution is 6.03. The van der Waals surface area contributed by atoms with Crippen molar-refractivity contribution in [3.8, 4) is 0 Å². The monoisotopic (exact) mass is 370 g/mol. The quantitative estimate of drug-likeness (QED) is 0.809. The summed E-state index contributed by atoms with van der Waals surface area (Å²) in [4.78, 5) is 30.2. The number of nitrogens with zero attached hydrogens (tertiary/aromatic N) is 3. The van der Waals surface area contributed by atoms with E-state index in [9.17, 15) is 9.59 Å². The van der Waals surface area contributed by atoms with Crippen molar-refractivity contribution in [2.24, 2.45) is 0 Å². The third-order valence-corrected chi connectivity index (χ3v) is 6.75. The molecule has 2 amide bonds. The number of nitrogens with two attached hydrogens (primary N) is 1. The van der Waals surface area contributed by atoms with Gasteiger partial charge in [0.2, 0.25) is 5.91 Å². The number of amides is 2. The standard InChI is InChI=1S/C21H30N4O2/c1-14(26)24-9-11-25(12-10-24)16-5-3-15(4-6-16)17-7-8-19(22)20-18(17)13-23(2)21(20)27/h7-8,15-16H,3-6,9-13,22H2,1-2H3. The maximum Gasteiger partial charge on any atom is 0.256 e. The summed E-state index contributed by atoms with van der Waals surface area (Å²) in [6, 6.07) is 4.69. The van der Waals surface area contributed by atoms with Crippen LogP contribution in [-0.4, -0.2) is 65.8 Å². The highest BCUT2D eigenvalue weighted by atomic mass is 16.2. The number of hydrogen-bond donors (Lipinski definition) is 1. The Bertz CT molecular complexity index is 747. The van der Waals surface area contributed by atoms with E-state index in [4.69, 9.17) is 5.73 Å². The molecule has 146 valence electrons. The molecule has 0 atom stereocenters. The van der Waals surface area contributed by atoms with E-state index in [1.807, 2.05) is 18.0 Å². The van der Waals surface area contributed by atoms with Crippen molar-refractivity contribution in [1.82, 2.24) is 14.7 Å². The van der Waals surface area contributed by atoms with Gasteiger partial charge in [0.05, 0.1) is 5.56 Å². The van der Waals surface area contributed by atoms with Crippen LogP contribution in [-0.2, 0) is 11.3 Å². The average molecular weight is 370 g/mol. The van der Waals surface area contributed by atoms with Crippen LogP contribution in [0.1, 0.15) is 60.0 Å². The first-order valence-corrected chi connectivity index (χ1v) is 10.1. The number of hydrogen-bond acceptors (Lipinski definition) is 4. The Morgan fingerprint density at radius 3 is 2.37 bits per heavy atom. The number of rotatable bonds is 2. The molecule has 27 heavy (non-hydrogen) atoms. The van der Waals surface area contributed by atoms with Crippen LogP contribution in [0.5, 0.6) is 0 Å². The van der Waals surface area contributed by atoms with Crippen molar-refractivity contribution in [3.63, 3.8) is 0 Å². The topological polar surface area (TPSA) is 69.9 Å². The molecule has 0 aromatic heterocycles. The lowest BCUT2D eigenvalue weighted by molar-refractivity contribution is -0.131. The molecule has 1 aromatic rings. The van der Waals surface area contributed by atoms with E-state index in [0.717, 1.165) is 50.1 Å². The Morgan fingerprint density at radius 1 is 1.07 bits per heavy atom. The molecule has 6 heteroatoms. The molecule has 0 bridgehead atoms. The maximum absolute atomic E-state index is 12.4. The van der Waals surface area contributed by atoms with Crippen molar-refractivity contribution in [1.29, 1.82) is 0 Å². The molecular formula is C21H30N4O2. The third kappa shape index (κ3) is 3.31. The van der Waals surface area contributed by atoms with Crippen LogP contribution >= 0.6 is 0 Å². The van der Waals surface area contributed by atoms with Gasteiger partial charge in [0.1, 0.15) is 0 Å². The lowest BCUT2D eigenvalue weighted by Gasteiger charge is -2.42. The molecule has 1 aromatic carbocycles. The molecule has 2 heterocycles. The largest absolute Gasteiger partial charge is 0.398 e. The summed E-state index contributed by atoms with van der Waals surface area (Å²) >= 11 is 0. The van der Waals surface area contributed by atoms with E-state index in [2.05, 4.69) is 11.0 Å². The number of anilines is 1. The second-order valence-corrected chi connectivity index (χ2v) is 8.31. The fraction of sp³-hybridized carbons (Fsp3) is 0.619. The van der Waals surface area contributed by atoms with Gasteiger partial charge in [0.25, 0.3) is 5.91 Å². The predicted octanol–water partition coefficient (Wildman–Crippen LogP) is 2.04. The molecule has 1 aliphatic carbocycles. The summed E-state index contributed by atoms with van der Waals surface area (Å²) in [7, 11) is 1.85. The SMILES string of the molecule is CC(=O)N1CCN(C2CCC(c3ccc(N)c4c3CN(C)C4=O)CC2)CC1. The van der Waals surface area contributed by atoms with Crippen molar-refractivity contribution >= 4 is 17.5 Å². The Hall–Kier alpha value is -2.08. The van der Waals surface area contributed by atoms with E-state index in [-0.39, 0.29) is 11.8 Å². The first-order valence-electron chi connectivity index (χ1n) is 10.1. The first-order chi connectivity index (χ1) is 13.0. The lowest BCUT2D eigenvalue weighted by atomic mass is 9.79. The fourth-order valence-corrected chi connectivity index (χ4v) is 5.14. The van der Waals surface area contributed by atoms with Gasteiger partial charge in [-0.1, -0.05) is 6.07 Å². The van der Waals surface area contributed by atoms with Gasteiger partial charge in [-0.3, -0.25) is 14.5 Å². The second-order valence-electron chi connectivity index (χ2n) is 8.31. The minimum atomic E-state index is 0.0568. The smallest absolute Gasteiger partial charge is 0.256 e. The van der Waals surface area contributed by atoms with Crippen LogP contribution in [0.4, 0.5) is 5.69 Å². The number of carbonyl (C=O) groups is 2. The summed E-state index contributed by atoms with van der Waals surface area (Å²) in [6.07, 6.45) is 4.69. The first kappa shape index (κ1) is 18.3. The molecule has 2 fully saturated rings. The highest BCUT2D eigenvalue weighted by Crippen LogP contribution is 2.40. The lowest BCUT2D eigenvalue weighted by Crippen LogP contribution is -2.52. The van der Waals surface area contributed by atoms with Crippen molar-refractivity contribution in [3.05, 3.63) is 28.8 Å². The van der Waals surface area contributed by atoms with Crippen molar-refractivity contribution < 1.29 is 9.59 Å². The van der Waals surface area contributed by atoms with Gasteiger partial charge < -0.3 is 15.5 Å². The summed E-state index contributed by atoms with van der Waals surface area (Å²) in [5.74, 6) is 0.768. The summed E-state index contributed by atoms with van der Waals surface area (Å²) in [6.45, 7) is 6.04. The van der Waals surface area contributed by atoms with E-state index < -0.39 is 0 Å². The number of piperazine rings is 1. The van der Waals surface area contributed by atoms with Crippen LogP contribution in [0.3, 0.4) is 0 Å². The molecule has 4 rings (SSSR count). The molecular weight excluding hydrogens is 340 g/mol. The highest BCUT2D eigenvalue weighted by Gasteiger charge is 2.34. The van der Waals surface area contributed by atoms with Crippen molar-refractivity contribution in [2.75, 3.05) is 39.0 Å². The molecule has 0 spiro atoms. The van der Waals surface area contributed by atoms with Crippen LogP contribution in [0.2, 0.25) is 0 Å². The minimum absolute atomic E-state index is 0.0568. The summed E-state index contributed by atoms with van der Waals surface area (Å²) in [5, 5.41) is 0. The van der Waals surface area contributed by atoms with Gasteiger partial charge in [-0.05, 0) is 48.8 Å². The van der Waals surface area contributed by atoms with Gasteiger partial charge in [0, 0.05) is 58.4 Å². The number of nitrogen functional groups attached to an aromatic ring is 1. The molecule has 2 aliphatic heterocycles. The van der Waals surface area contributed by atoms with Gasteiger partial charge in [-0.25, -0.2) is 0 Å². The van der Waals surface area contributed by atoms with Crippen molar-refractivity contribution in [2.45, 2.75) is 51.1 Å². The molecule has 1 saturated carbocycles. The van der Waals surface area contributed by atoms with E-state index in [1.165, 1.54) is 18.4 Å². The van der Waals surface area contributed by atoms with Crippen LogP contribution < -0.4 is 5.73 Å². The van der Waals surface area contributed by atoms with Crippen LogP contribution in [0.15, 0.2) is 12.1 Å². The minimum Gasteiger partial charge on any atom is -0.398 e. The summed E-state index contributed by atoms with van der Waals surface area (Å²) in [5.41, 5.74) is 9.92. The molecule has 0 radical (unpaired) electrons. The van der Waals surface area contributed by atoms with E-state index in [0.29, 0.717) is 24.2 Å². The Kier molecular flexibility index (Phi) is 4.84. The zero-order valence-electron chi connectivity index (χ0n) is 16.4. The Balaban J connectivity index is 1.41. The van der Waals surface area contributed by atoms with Gasteiger partial charge >= 0.3 is 0 Å². The Labute approximate surface area is 161 Å². The fourth-order valence-electron chi connectivity index (χ4n) is 5.14. The number of carbonyl (C=O) groups excluding carboxylic acids is 2. The average Bonchev–Trinajstić information content (AvgIpc) is 2.98. The van der Waals surface area contributed by atoms with Gasteiger partial charge in [0.15, 0.2) is 0 Å². The van der Waals surface area contributed by atoms with E-state index in [1.54, 1.807) is 11.8 Å². The molecule has 2 N–H and O–H groups in total. The summed E-state index contributed by atoms with van der Waals surface area (Å²) < 4.78 is 0. The van der Waals surface area contributed by atoms with Gasteiger partial charge in [-0.2, -0.15) is 0 Å². The zero-order chi connectivity index (χ0) is 19.1. The second kappa shape index (κ2) is 7.15. The molecule has 0 unspecified atom stereocenters. The zero-order valence-corrected chi connectivity index (χ0v) is 16.4. The normalized spacial score (nSPS) is 26.4. The Morgan fingerprint density at radius 2 is 1.74 bits per heavy atom. The van der Waals surface area contributed by atoms with E-state index >= 15 is 0 Å². The molecule has 1 saturated heterocycles. The molecule has 3 aliphatic rings.